The third kappa shape index (κ3) is 12.5. The number of benzene rings is 1. The van der Waals surface area contributed by atoms with Gasteiger partial charge in [0.15, 0.2) is 16.6 Å². The van der Waals surface area contributed by atoms with Gasteiger partial charge in [-0.25, -0.2) is 9.59 Å². The molecule has 0 fully saturated rings. The standard InChI is InChI=1S/C25H42O7Si3/c1-11-28-24(26)23(25(27)29-12-2)17-21-13-15-22(16-14-21)30-18-20(3)19-35(10,31-33(4,5)6)32-34(7,8)9/h13-17H,3,11-12,18-19H2,1-2,4-10H3. The monoisotopic (exact) mass is 538 g/mol. The van der Waals surface area contributed by atoms with Crippen LogP contribution in [-0.2, 0) is 27.3 Å². The first kappa shape index (κ1) is 31.0. The van der Waals surface area contributed by atoms with Crippen molar-refractivity contribution in [2.24, 2.45) is 0 Å². The van der Waals surface area contributed by atoms with Gasteiger partial charge in [0.05, 0.1) is 13.2 Å². The molecule has 7 nitrogen and oxygen atoms in total. The van der Waals surface area contributed by atoms with Crippen LogP contribution in [0.5, 0.6) is 5.75 Å². The van der Waals surface area contributed by atoms with E-state index >= 15 is 0 Å². The van der Waals surface area contributed by atoms with E-state index < -0.39 is 37.1 Å². The fourth-order valence-corrected chi connectivity index (χ4v) is 16.0. The van der Waals surface area contributed by atoms with Crippen molar-refractivity contribution in [3.05, 3.63) is 47.6 Å². The minimum Gasteiger partial charge on any atom is -0.489 e. The van der Waals surface area contributed by atoms with Crippen LogP contribution in [0.2, 0.25) is 51.9 Å². The zero-order valence-corrected chi connectivity index (χ0v) is 25.8. The lowest BCUT2D eigenvalue weighted by atomic mass is 10.1. The summed E-state index contributed by atoms with van der Waals surface area (Å²) in [7, 11) is -6.01. The second-order valence-corrected chi connectivity index (χ2v) is 23.0. The summed E-state index contributed by atoms with van der Waals surface area (Å²) in [5.74, 6) is -0.774. The number of carbonyl (C=O) groups excluding carboxylic acids is 2. The fraction of sp³-hybridized carbons (Fsp3) is 0.520. The van der Waals surface area contributed by atoms with E-state index in [0.29, 0.717) is 24.0 Å². The Kier molecular flexibility index (Phi) is 11.8. The molecule has 0 saturated heterocycles. The Morgan fingerprint density at radius 2 is 1.29 bits per heavy atom. The molecule has 0 amide bonds. The lowest BCUT2D eigenvalue weighted by Crippen LogP contribution is -2.52. The number of hydrogen-bond acceptors (Lipinski definition) is 7. The van der Waals surface area contributed by atoms with Crippen molar-refractivity contribution in [1.29, 1.82) is 0 Å². The SMILES string of the molecule is C=C(COc1ccc(C=C(C(=O)OCC)C(=O)OCC)cc1)C[Si](C)(O[Si](C)(C)C)O[Si](C)(C)C. The maximum Gasteiger partial charge on any atom is 0.345 e. The highest BCUT2D eigenvalue weighted by Crippen LogP contribution is 2.27. The average Bonchev–Trinajstić information content (AvgIpc) is 2.68. The van der Waals surface area contributed by atoms with Gasteiger partial charge in [0.25, 0.3) is 0 Å². The van der Waals surface area contributed by atoms with Crippen LogP contribution in [0.3, 0.4) is 0 Å². The normalized spacial score (nSPS) is 12.0. The van der Waals surface area contributed by atoms with Crippen LogP contribution < -0.4 is 4.74 Å². The number of esters is 2. The molecule has 1 aromatic carbocycles. The van der Waals surface area contributed by atoms with Crippen LogP contribution in [0.15, 0.2) is 42.0 Å². The smallest absolute Gasteiger partial charge is 0.345 e. The second kappa shape index (κ2) is 13.4. The molecule has 0 radical (unpaired) electrons. The van der Waals surface area contributed by atoms with Gasteiger partial charge in [-0.05, 0) is 89.0 Å². The fourth-order valence-electron chi connectivity index (χ4n) is 3.52. The van der Waals surface area contributed by atoms with Gasteiger partial charge in [-0.15, -0.1) is 0 Å². The molecule has 1 aromatic rings. The number of carbonyl (C=O) groups is 2. The molecule has 0 aliphatic rings. The molecule has 0 unspecified atom stereocenters. The van der Waals surface area contributed by atoms with Gasteiger partial charge in [0.2, 0.25) is 0 Å². The van der Waals surface area contributed by atoms with Crippen molar-refractivity contribution in [1.82, 2.24) is 0 Å². The first-order chi connectivity index (χ1) is 16.1. The van der Waals surface area contributed by atoms with E-state index in [1.54, 1.807) is 38.1 Å². The summed E-state index contributed by atoms with van der Waals surface area (Å²) in [6.07, 6.45) is 1.46. The van der Waals surface area contributed by atoms with Gasteiger partial charge in [-0.2, -0.15) is 0 Å². The third-order valence-corrected chi connectivity index (χ3v) is 13.7. The summed E-state index contributed by atoms with van der Waals surface area (Å²) in [5, 5.41) is 0. The van der Waals surface area contributed by atoms with Crippen LogP contribution in [0.25, 0.3) is 6.08 Å². The molecule has 0 heterocycles. The topological polar surface area (TPSA) is 80.3 Å². The lowest BCUT2D eigenvalue weighted by molar-refractivity contribution is -0.146. The summed E-state index contributed by atoms with van der Waals surface area (Å²) in [5.41, 5.74) is 1.43. The van der Waals surface area contributed by atoms with Crippen molar-refractivity contribution in [2.75, 3.05) is 19.8 Å². The molecule has 0 saturated carbocycles. The maximum absolute atomic E-state index is 12.2. The summed E-state index contributed by atoms with van der Waals surface area (Å²) in [4.78, 5) is 24.3. The molecule has 0 spiro atoms. The number of rotatable bonds is 14. The molecule has 35 heavy (non-hydrogen) atoms. The van der Waals surface area contributed by atoms with E-state index in [9.17, 15) is 9.59 Å². The molecule has 0 aliphatic carbocycles. The van der Waals surface area contributed by atoms with Crippen LogP contribution >= 0.6 is 0 Å². The molecule has 196 valence electrons. The van der Waals surface area contributed by atoms with Gasteiger partial charge < -0.3 is 22.4 Å². The Hall–Kier alpha value is -1.99. The average molecular weight is 539 g/mol. The Morgan fingerprint density at radius 3 is 1.69 bits per heavy atom. The van der Waals surface area contributed by atoms with Crippen LogP contribution in [0, 0.1) is 0 Å². The molecular weight excluding hydrogens is 497 g/mol. The molecule has 10 heteroatoms. The minimum absolute atomic E-state index is 0.148. The predicted molar refractivity (Wildman–Crippen MR) is 148 cm³/mol. The third-order valence-electron chi connectivity index (χ3n) is 4.24. The van der Waals surface area contributed by atoms with Gasteiger partial charge in [0, 0.05) is 6.04 Å². The van der Waals surface area contributed by atoms with E-state index in [-0.39, 0.29) is 18.8 Å². The molecular formula is C25H42O7Si3. The quantitative estimate of drug-likeness (QED) is 0.0728. The highest BCUT2D eigenvalue weighted by molar-refractivity contribution is 6.87. The van der Waals surface area contributed by atoms with Gasteiger partial charge in [-0.1, -0.05) is 18.7 Å². The van der Waals surface area contributed by atoms with E-state index in [4.69, 9.17) is 22.4 Å². The predicted octanol–water partition coefficient (Wildman–Crippen LogP) is 5.91. The Morgan fingerprint density at radius 1 is 0.829 bits per heavy atom. The minimum atomic E-state index is -2.44. The number of hydrogen-bond donors (Lipinski definition) is 0. The molecule has 0 bridgehead atoms. The second-order valence-electron chi connectivity index (χ2n) is 10.3. The van der Waals surface area contributed by atoms with Crippen molar-refractivity contribution >= 4 is 43.2 Å². The van der Waals surface area contributed by atoms with Crippen molar-refractivity contribution in [3.63, 3.8) is 0 Å². The molecule has 0 N–H and O–H groups in total. The van der Waals surface area contributed by atoms with Crippen molar-refractivity contribution in [3.8, 4) is 5.75 Å². The van der Waals surface area contributed by atoms with E-state index in [2.05, 4.69) is 52.4 Å². The molecule has 0 aromatic heterocycles. The van der Waals surface area contributed by atoms with Gasteiger partial charge in [-0.3, -0.25) is 0 Å². The van der Waals surface area contributed by atoms with Crippen LogP contribution in [-0.4, -0.2) is 57.0 Å². The zero-order chi connectivity index (χ0) is 26.9. The first-order valence-electron chi connectivity index (χ1n) is 11.9. The highest BCUT2D eigenvalue weighted by Gasteiger charge is 2.40. The highest BCUT2D eigenvalue weighted by atomic mass is 28.5. The maximum atomic E-state index is 12.2. The van der Waals surface area contributed by atoms with Crippen LogP contribution in [0.1, 0.15) is 19.4 Å². The Balaban J connectivity index is 2.88. The van der Waals surface area contributed by atoms with E-state index in [0.717, 1.165) is 5.57 Å². The summed E-state index contributed by atoms with van der Waals surface area (Å²) < 4.78 is 29.0. The molecule has 0 atom stereocenters. The summed E-state index contributed by atoms with van der Waals surface area (Å²) >= 11 is 0. The van der Waals surface area contributed by atoms with Crippen molar-refractivity contribution < 1.29 is 32.0 Å². The first-order valence-corrected chi connectivity index (χ1v) is 21.3. The van der Waals surface area contributed by atoms with Gasteiger partial charge >= 0.3 is 20.5 Å². The molecule has 0 aliphatic heterocycles. The zero-order valence-electron chi connectivity index (χ0n) is 22.8. The summed E-state index contributed by atoms with van der Waals surface area (Å²) in [6, 6.07) is 7.75. The van der Waals surface area contributed by atoms with Crippen LogP contribution in [0.4, 0.5) is 0 Å². The Bertz CT molecular complexity index is 861. The lowest BCUT2D eigenvalue weighted by Gasteiger charge is -2.38. The van der Waals surface area contributed by atoms with E-state index in [1.807, 2.05) is 0 Å². The number of ether oxygens (including phenoxy) is 3. The Labute approximate surface area is 214 Å². The largest absolute Gasteiger partial charge is 0.489 e. The van der Waals surface area contributed by atoms with Gasteiger partial charge in [0.1, 0.15) is 17.9 Å². The van der Waals surface area contributed by atoms with E-state index in [1.165, 1.54) is 6.08 Å². The molecule has 1 rings (SSSR count). The van der Waals surface area contributed by atoms with Crippen molar-refractivity contribution in [2.45, 2.75) is 65.7 Å². The summed E-state index contributed by atoms with van der Waals surface area (Å²) in [6.45, 7) is 23.4.